The summed E-state index contributed by atoms with van der Waals surface area (Å²) in [7, 11) is 3.44. The maximum Gasteiger partial charge on any atom is 0.174 e. The van der Waals surface area contributed by atoms with Gasteiger partial charge >= 0.3 is 0 Å². The van der Waals surface area contributed by atoms with Crippen LogP contribution in [0.4, 0.5) is 0 Å². The number of halogens is 1. The number of benzene rings is 1. The lowest BCUT2D eigenvalue weighted by Crippen LogP contribution is -2.23. The molecule has 0 amide bonds. The Bertz CT molecular complexity index is 361. The smallest absolute Gasteiger partial charge is 0.174 e. The average molecular weight is 361 g/mol. The number of hydrogen-bond donors (Lipinski definition) is 0. The van der Waals surface area contributed by atoms with Crippen molar-refractivity contribution in [3.05, 3.63) is 21.8 Å². The highest BCUT2D eigenvalue weighted by Crippen LogP contribution is 2.34. The Labute approximate surface area is 121 Å². The predicted molar refractivity (Wildman–Crippen MR) is 80.2 cm³/mol. The zero-order valence-electron chi connectivity index (χ0n) is 10.5. The van der Waals surface area contributed by atoms with E-state index in [1.54, 1.807) is 0 Å². The lowest BCUT2D eigenvalue weighted by atomic mass is 10.2. The van der Waals surface area contributed by atoms with Crippen molar-refractivity contribution in [1.29, 1.82) is 0 Å². The summed E-state index contributed by atoms with van der Waals surface area (Å²) >= 11 is 2.27. The standard InChI is InChI=1S/C13H18IO2Si/c1-13(2,3)16-11-7-4-6-10(14)12(11)15-8-5-9-17/h4,6-7H,5,8-9H2,1-3H3. The van der Waals surface area contributed by atoms with E-state index in [0.29, 0.717) is 6.61 Å². The molecule has 0 unspecified atom stereocenters. The second kappa shape index (κ2) is 6.63. The normalized spacial score (nSPS) is 11.4. The topological polar surface area (TPSA) is 18.5 Å². The van der Waals surface area contributed by atoms with E-state index in [1.165, 1.54) is 0 Å². The molecule has 0 atom stereocenters. The van der Waals surface area contributed by atoms with E-state index in [2.05, 4.69) is 32.8 Å². The number of ether oxygens (including phenoxy) is 2. The minimum atomic E-state index is -0.211. The second-order valence-corrected chi connectivity index (χ2v) is 6.40. The molecular weight excluding hydrogens is 343 g/mol. The van der Waals surface area contributed by atoms with Crippen LogP contribution < -0.4 is 9.47 Å². The zero-order valence-corrected chi connectivity index (χ0v) is 13.7. The van der Waals surface area contributed by atoms with E-state index >= 15 is 0 Å². The molecule has 1 aromatic rings. The minimum Gasteiger partial charge on any atom is -0.489 e. The van der Waals surface area contributed by atoms with Crippen LogP contribution in [0.3, 0.4) is 0 Å². The molecule has 1 aromatic carbocycles. The number of rotatable bonds is 5. The Morgan fingerprint density at radius 1 is 1.29 bits per heavy atom. The van der Waals surface area contributed by atoms with Crippen LogP contribution in [0.2, 0.25) is 6.04 Å². The van der Waals surface area contributed by atoms with Crippen LogP contribution in [-0.4, -0.2) is 22.5 Å². The van der Waals surface area contributed by atoms with E-state index in [1.807, 2.05) is 39.0 Å². The average Bonchev–Trinajstić information content (AvgIpc) is 2.20. The fourth-order valence-corrected chi connectivity index (χ4v) is 2.06. The maximum atomic E-state index is 5.90. The monoisotopic (exact) mass is 361 g/mol. The van der Waals surface area contributed by atoms with Crippen LogP contribution in [0.15, 0.2) is 18.2 Å². The lowest BCUT2D eigenvalue weighted by Gasteiger charge is -2.23. The third kappa shape index (κ3) is 5.29. The van der Waals surface area contributed by atoms with E-state index in [0.717, 1.165) is 27.5 Å². The quantitative estimate of drug-likeness (QED) is 0.451. The molecule has 0 saturated carbocycles. The van der Waals surface area contributed by atoms with E-state index in [-0.39, 0.29) is 5.60 Å². The molecular formula is C13H18IO2Si. The summed E-state index contributed by atoms with van der Waals surface area (Å²) in [5, 5.41) is 0. The van der Waals surface area contributed by atoms with Crippen molar-refractivity contribution < 1.29 is 9.47 Å². The fraction of sp³-hybridized carbons (Fsp3) is 0.538. The Hall–Kier alpha value is -0.233. The largest absolute Gasteiger partial charge is 0.489 e. The van der Waals surface area contributed by atoms with Crippen LogP contribution in [0, 0.1) is 3.57 Å². The Morgan fingerprint density at radius 2 is 2.00 bits per heavy atom. The summed E-state index contributed by atoms with van der Waals surface area (Å²) in [6.45, 7) is 6.81. The van der Waals surface area contributed by atoms with Gasteiger partial charge in [-0.3, -0.25) is 0 Å². The first-order valence-electron chi connectivity index (χ1n) is 5.69. The first kappa shape index (κ1) is 14.8. The first-order valence-corrected chi connectivity index (χ1v) is 7.47. The van der Waals surface area contributed by atoms with Gasteiger partial charge in [0.05, 0.1) is 10.2 Å². The molecule has 0 saturated heterocycles. The molecule has 0 bridgehead atoms. The summed E-state index contributed by atoms with van der Waals surface area (Å²) in [6, 6.07) is 6.91. The van der Waals surface area contributed by atoms with Gasteiger partial charge in [0.15, 0.2) is 11.5 Å². The first-order chi connectivity index (χ1) is 7.94. The molecule has 4 heteroatoms. The minimum absolute atomic E-state index is 0.211. The van der Waals surface area contributed by atoms with Gasteiger partial charge in [0.1, 0.15) is 5.60 Å². The van der Waals surface area contributed by atoms with Crippen LogP contribution >= 0.6 is 22.6 Å². The summed E-state index contributed by atoms with van der Waals surface area (Å²) in [5.74, 6) is 1.67. The van der Waals surface area contributed by atoms with Crippen molar-refractivity contribution >= 4 is 32.8 Å². The lowest BCUT2D eigenvalue weighted by molar-refractivity contribution is 0.123. The molecule has 0 aromatic heterocycles. The van der Waals surface area contributed by atoms with Crippen molar-refractivity contribution in [1.82, 2.24) is 0 Å². The Balaban J connectivity index is 2.84. The van der Waals surface area contributed by atoms with Gasteiger partial charge < -0.3 is 9.47 Å². The SMILES string of the molecule is CC(C)(C)Oc1cccc(I)c1OCCC[Si]. The molecule has 0 heterocycles. The highest BCUT2D eigenvalue weighted by molar-refractivity contribution is 14.1. The van der Waals surface area contributed by atoms with Crippen molar-refractivity contribution in [2.75, 3.05) is 6.61 Å². The van der Waals surface area contributed by atoms with Gasteiger partial charge in [0, 0.05) is 10.2 Å². The number of hydrogen-bond acceptors (Lipinski definition) is 2. The summed E-state index contributed by atoms with van der Waals surface area (Å²) < 4.78 is 12.8. The molecule has 17 heavy (non-hydrogen) atoms. The van der Waals surface area contributed by atoms with Crippen LogP contribution in [0.25, 0.3) is 0 Å². The fourth-order valence-electron chi connectivity index (χ4n) is 1.29. The van der Waals surface area contributed by atoms with Crippen molar-refractivity contribution in [2.45, 2.75) is 38.8 Å². The molecule has 2 nitrogen and oxygen atoms in total. The summed E-state index contributed by atoms with van der Waals surface area (Å²) in [5.41, 5.74) is -0.211. The van der Waals surface area contributed by atoms with Gasteiger partial charge in [0.25, 0.3) is 0 Å². The van der Waals surface area contributed by atoms with Crippen molar-refractivity contribution in [3.8, 4) is 11.5 Å². The van der Waals surface area contributed by atoms with Gasteiger partial charge in [-0.15, -0.1) is 0 Å². The van der Waals surface area contributed by atoms with Gasteiger partial charge in [-0.2, -0.15) is 0 Å². The highest BCUT2D eigenvalue weighted by atomic mass is 127. The van der Waals surface area contributed by atoms with Crippen molar-refractivity contribution in [2.24, 2.45) is 0 Å². The maximum absolute atomic E-state index is 5.90. The molecule has 0 aliphatic carbocycles. The molecule has 0 fully saturated rings. The number of para-hydroxylation sites is 1. The van der Waals surface area contributed by atoms with Crippen LogP contribution in [-0.2, 0) is 0 Å². The third-order valence-corrected chi connectivity index (χ3v) is 3.12. The molecule has 0 aliphatic heterocycles. The second-order valence-electron chi connectivity index (χ2n) is 4.73. The highest BCUT2D eigenvalue weighted by Gasteiger charge is 2.16. The zero-order chi connectivity index (χ0) is 12.9. The van der Waals surface area contributed by atoms with Crippen LogP contribution in [0.1, 0.15) is 27.2 Å². The van der Waals surface area contributed by atoms with Crippen LogP contribution in [0.5, 0.6) is 11.5 Å². The summed E-state index contributed by atoms with van der Waals surface area (Å²) in [6.07, 6.45) is 0.983. The Morgan fingerprint density at radius 3 is 2.59 bits per heavy atom. The van der Waals surface area contributed by atoms with E-state index < -0.39 is 0 Å². The molecule has 0 aliphatic rings. The molecule has 3 radical (unpaired) electrons. The predicted octanol–water partition coefficient (Wildman–Crippen LogP) is 3.82. The van der Waals surface area contributed by atoms with Gasteiger partial charge in [-0.25, -0.2) is 0 Å². The Kier molecular flexibility index (Phi) is 5.79. The summed E-state index contributed by atoms with van der Waals surface area (Å²) in [4.78, 5) is 0. The molecule has 0 N–H and O–H groups in total. The third-order valence-electron chi connectivity index (χ3n) is 1.91. The van der Waals surface area contributed by atoms with Crippen molar-refractivity contribution in [3.63, 3.8) is 0 Å². The van der Waals surface area contributed by atoms with Gasteiger partial charge in [0.2, 0.25) is 0 Å². The van der Waals surface area contributed by atoms with E-state index in [4.69, 9.17) is 9.47 Å². The molecule has 1 rings (SSSR count). The molecule has 93 valence electrons. The van der Waals surface area contributed by atoms with E-state index in [9.17, 15) is 0 Å². The van der Waals surface area contributed by atoms with Gasteiger partial charge in [-0.05, 0) is 61.9 Å². The molecule has 0 spiro atoms. The van der Waals surface area contributed by atoms with Gasteiger partial charge in [-0.1, -0.05) is 12.1 Å².